The van der Waals surface area contributed by atoms with Gasteiger partial charge in [-0.25, -0.2) is 0 Å². The molecule has 0 fully saturated rings. The lowest BCUT2D eigenvalue weighted by molar-refractivity contribution is 0.415. The molecule has 2 aliphatic heterocycles. The maximum atomic E-state index is 8.87. The Morgan fingerprint density at radius 2 is 1.93 bits per heavy atom. The molecule has 148 valence electrons. The van der Waals surface area contributed by atoms with E-state index in [1.807, 2.05) is 47.4 Å². The van der Waals surface area contributed by atoms with Crippen LogP contribution in [0, 0.1) is 5.41 Å². The van der Waals surface area contributed by atoms with Gasteiger partial charge >= 0.3 is 0 Å². The van der Waals surface area contributed by atoms with E-state index >= 15 is 0 Å². The van der Waals surface area contributed by atoms with E-state index in [0.29, 0.717) is 11.7 Å². The van der Waals surface area contributed by atoms with Gasteiger partial charge in [-0.2, -0.15) is 0 Å². The number of fused-ring (bicyclic) bond motifs is 4. The van der Waals surface area contributed by atoms with E-state index < -0.39 is 0 Å². The number of rotatable bonds is 3. The largest absolute Gasteiger partial charge is 0.497 e. The Labute approximate surface area is 177 Å². The monoisotopic (exact) mass is 414 g/mol. The fraction of sp³-hybridized carbons (Fsp3) is 0.130. The van der Waals surface area contributed by atoms with Crippen LogP contribution >= 0.6 is 11.8 Å². The van der Waals surface area contributed by atoms with Gasteiger partial charge in [0.1, 0.15) is 23.1 Å². The van der Waals surface area contributed by atoms with Gasteiger partial charge in [-0.05, 0) is 42.0 Å². The third-order valence-electron chi connectivity index (χ3n) is 5.58. The Morgan fingerprint density at radius 1 is 1.10 bits per heavy atom. The van der Waals surface area contributed by atoms with Crippen LogP contribution < -0.4 is 15.0 Å². The van der Waals surface area contributed by atoms with Crippen LogP contribution in [0.1, 0.15) is 16.7 Å². The fourth-order valence-corrected chi connectivity index (χ4v) is 5.34. The molecule has 2 unspecified atom stereocenters. The first-order valence-electron chi connectivity index (χ1n) is 9.65. The second-order valence-corrected chi connectivity index (χ2v) is 8.41. The molecule has 0 saturated heterocycles. The summed E-state index contributed by atoms with van der Waals surface area (Å²) < 4.78 is 10.9. The maximum Gasteiger partial charge on any atom is 0.205 e. The number of benzene rings is 2. The van der Waals surface area contributed by atoms with Crippen molar-refractivity contribution in [3.05, 3.63) is 82.5 Å². The predicted molar refractivity (Wildman–Crippen MR) is 121 cm³/mol. The number of amidine groups is 1. The maximum absolute atomic E-state index is 8.87. The zero-order chi connectivity index (χ0) is 20.2. The number of hydrogen-bond donors (Lipinski definition) is 2. The van der Waals surface area contributed by atoms with Crippen LogP contribution in [0.15, 0.2) is 75.2 Å². The van der Waals surface area contributed by atoms with Crippen LogP contribution in [0.3, 0.4) is 0 Å². The minimum Gasteiger partial charge on any atom is -0.497 e. The van der Waals surface area contributed by atoms with E-state index in [-0.39, 0.29) is 11.5 Å². The average Bonchev–Trinajstić information content (AvgIpc) is 3.48. The van der Waals surface area contributed by atoms with Crippen molar-refractivity contribution in [1.29, 1.82) is 5.41 Å². The van der Waals surface area contributed by atoms with Crippen molar-refractivity contribution in [2.24, 2.45) is 4.99 Å². The molecule has 2 N–H and O–H groups in total. The van der Waals surface area contributed by atoms with E-state index in [9.17, 15) is 0 Å². The summed E-state index contributed by atoms with van der Waals surface area (Å²) >= 11 is 1.72. The van der Waals surface area contributed by atoms with Gasteiger partial charge in [0, 0.05) is 16.2 Å². The van der Waals surface area contributed by atoms with Gasteiger partial charge < -0.3 is 19.4 Å². The average molecular weight is 414 g/mol. The molecule has 3 heterocycles. The summed E-state index contributed by atoms with van der Waals surface area (Å²) in [5.41, 5.74) is 5.05. The Balaban J connectivity index is 1.41. The smallest absolute Gasteiger partial charge is 0.205 e. The molecule has 3 aromatic rings. The van der Waals surface area contributed by atoms with E-state index in [0.717, 1.165) is 22.7 Å². The molecule has 7 heteroatoms. The van der Waals surface area contributed by atoms with Gasteiger partial charge in [0.2, 0.25) is 5.88 Å². The number of thioether (sulfide) groups is 1. The minimum atomic E-state index is -0.263. The second-order valence-electron chi connectivity index (χ2n) is 7.25. The van der Waals surface area contributed by atoms with E-state index in [1.165, 1.54) is 16.0 Å². The van der Waals surface area contributed by atoms with E-state index in [1.54, 1.807) is 25.1 Å². The van der Waals surface area contributed by atoms with Gasteiger partial charge in [0.25, 0.3) is 0 Å². The molecule has 0 radical (unpaired) electrons. The highest BCUT2D eigenvalue weighted by Gasteiger charge is 2.42. The molecular weight excluding hydrogens is 396 g/mol. The number of ether oxygens (including phenoxy) is 1. The summed E-state index contributed by atoms with van der Waals surface area (Å²) in [4.78, 5) is 8.21. The number of nitrogens with one attached hydrogen (secondary N) is 2. The number of anilines is 2. The Hall–Kier alpha value is -3.45. The SMILES string of the molecule is COc1ccc(N2C(=N)c3ccoc3NC2C2N=C3C(=Cc4ccccc43)S2)cc1. The van der Waals surface area contributed by atoms with Crippen LogP contribution in [0.4, 0.5) is 11.6 Å². The van der Waals surface area contributed by atoms with Gasteiger partial charge in [-0.1, -0.05) is 36.0 Å². The summed E-state index contributed by atoms with van der Waals surface area (Å²) in [6, 6.07) is 17.9. The van der Waals surface area contributed by atoms with E-state index in [2.05, 4.69) is 23.5 Å². The molecule has 0 amide bonds. The number of nitrogens with zero attached hydrogens (tertiary/aromatic N) is 2. The quantitative estimate of drug-likeness (QED) is 0.645. The highest BCUT2D eigenvalue weighted by Crippen LogP contribution is 2.45. The third-order valence-corrected chi connectivity index (χ3v) is 6.75. The van der Waals surface area contributed by atoms with Crippen molar-refractivity contribution in [3.8, 4) is 5.75 Å². The predicted octanol–water partition coefficient (Wildman–Crippen LogP) is 4.79. The van der Waals surface area contributed by atoms with Crippen molar-refractivity contribution in [3.63, 3.8) is 0 Å². The standard InChI is InChI=1S/C23H18N4O2S/c1-28-15-8-6-14(7-9-15)27-20(24)17-10-11-29-22(17)26-21(27)23-25-19-16-5-3-2-4-13(16)12-18(19)30-23/h2-12,21,23-24,26H,1H3. The zero-order valence-electron chi connectivity index (χ0n) is 16.1. The first-order valence-corrected chi connectivity index (χ1v) is 10.5. The van der Waals surface area contributed by atoms with Crippen LogP contribution in [0.2, 0.25) is 0 Å². The summed E-state index contributed by atoms with van der Waals surface area (Å²) in [5, 5.41) is 12.2. The molecule has 1 aromatic heterocycles. The van der Waals surface area contributed by atoms with Crippen molar-refractivity contribution < 1.29 is 9.15 Å². The van der Waals surface area contributed by atoms with Crippen molar-refractivity contribution in [2.75, 3.05) is 17.3 Å². The fourth-order valence-electron chi connectivity index (χ4n) is 4.13. The number of allylic oxidation sites excluding steroid dienone is 1. The molecule has 2 atom stereocenters. The Bertz CT molecular complexity index is 1230. The first-order chi connectivity index (χ1) is 14.7. The van der Waals surface area contributed by atoms with Crippen LogP contribution in [0.25, 0.3) is 6.08 Å². The summed E-state index contributed by atoms with van der Waals surface area (Å²) in [5.74, 6) is 1.78. The molecule has 0 bridgehead atoms. The van der Waals surface area contributed by atoms with Crippen LogP contribution in [-0.4, -0.2) is 30.2 Å². The van der Waals surface area contributed by atoms with Crippen LogP contribution in [0.5, 0.6) is 5.75 Å². The summed E-state index contributed by atoms with van der Waals surface area (Å²) in [6.45, 7) is 0. The highest BCUT2D eigenvalue weighted by atomic mass is 32.2. The van der Waals surface area contributed by atoms with Gasteiger partial charge in [0.05, 0.1) is 24.6 Å². The highest BCUT2D eigenvalue weighted by molar-refractivity contribution is 8.05. The van der Waals surface area contributed by atoms with E-state index in [4.69, 9.17) is 19.6 Å². The molecule has 6 rings (SSSR count). The lowest BCUT2D eigenvalue weighted by atomic mass is 10.1. The molecule has 0 spiro atoms. The molecule has 1 aliphatic carbocycles. The molecule has 6 nitrogen and oxygen atoms in total. The van der Waals surface area contributed by atoms with Gasteiger partial charge in [-0.3, -0.25) is 10.4 Å². The van der Waals surface area contributed by atoms with Crippen molar-refractivity contribution in [1.82, 2.24) is 0 Å². The Morgan fingerprint density at radius 3 is 2.77 bits per heavy atom. The minimum absolute atomic E-state index is 0.125. The second kappa shape index (κ2) is 6.53. The lowest BCUT2D eigenvalue weighted by Gasteiger charge is -2.39. The van der Waals surface area contributed by atoms with Gasteiger partial charge in [0.15, 0.2) is 0 Å². The summed E-state index contributed by atoms with van der Waals surface area (Å²) in [7, 11) is 1.65. The van der Waals surface area contributed by atoms with Gasteiger partial charge in [-0.15, -0.1) is 0 Å². The molecule has 2 aromatic carbocycles. The van der Waals surface area contributed by atoms with Crippen LogP contribution in [-0.2, 0) is 0 Å². The number of methoxy groups -OCH3 is 1. The lowest BCUT2D eigenvalue weighted by Crippen LogP contribution is -2.53. The number of aliphatic imine (C=N–C) groups is 1. The zero-order valence-corrected chi connectivity index (χ0v) is 16.9. The first kappa shape index (κ1) is 17.4. The normalized spacial score (nSPS) is 21.4. The topological polar surface area (TPSA) is 73.8 Å². The van der Waals surface area contributed by atoms with Crippen molar-refractivity contribution >= 4 is 41.0 Å². The Kier molecular flexibility index (Phi) is 3.79. The molecular formula is C23H18N4O2S. The summed E-state index contributed by atoms with van der Waals surface area (Å²) in [6.07, 6.45) is 3.55. The molecule has 30 heavy (non-hydrogen) atoms. The number of furan rings is 1. The molecule has 0 saturated carbocycles. The third kappa shape index (κ3) is 2.52. The number of hydrogen-bond acceptors (Lipinski definition) is 6. The van der Waals surface area contributed by atoms with Crippen molar-refractivity contribution in [2.45, 2.75) is 11.5 Å². The molecule has 3 aliphatic rings.